The van der Waals surface area contributed by atoms with E-state index in [9.17, 15) is 9.90 Å². The number of pyridine rings is 1. The average molecular weight is 509 g/mol. The van der Waals surface area contributed by atoms with Gasteiger partial charge >= 0.3 is 0 Å². The molecular formula is C26H22Cl2N4O3. The maximum absolute atomic E-state index is 13.6. The molecule has 7 nitrogen and oxygen atoms in total. The van der Waals surface area contributed by atoms with Crippen molar-refractivity contribution in [2.45, 2.75) is 24.6 Å². The predicted molar refractivity (Wildman–Crippen MR) is 133 cm³/mol. The molecule has 0 saturated heterocycles. The van der Waals surface area contributed by atoms with Gasteiger partial charge in [0.15, 0.2) is 0 Å². The van der Waals surface area contributed by atoms with Crippen molar-refractivity contribution in [1.29, 1.82) is 0 Å². The molecule has 4 aromatic rings. The summed E-state index contributed by atoms with van der Waals surface area (Å²) in [6.45, 7) is 0.127. The van der Waals surface area contributed by atoms with Gasteiger partial charge in [0.2, 0.25) is 0 Å². The van der Waals surface area contributed by atoms with Gasteiger partial charge in [0.1, 0.15) is 11.6 Å². The number of hydroxylamine groups is 2. The van der Waals surface area contributed by atoms with E-state index in [1.807, 2.05) is 24.3 Å². The zero-order valence-corrected chi connectivity index (χ0v) is 20.3. The standard InChI is InChI=1S/C26H22Cl2N4O3/c1-35-32-25(34)22-5-2-4-21(17-6-8-18(27)9-7-17)24(22)26(32,14-20-11-10-19(28)15-29-20)23(33)16-31-13-3-12-30-31/h2-13,15,23,33H,14,16H2,1H3/t23?,26-/m0/s1. The molecular weight excluding hydrogens is 487 g/mol. The van der Waals surface area contributed by atoms with Crippen LogP contribution in [0, 0.1) is 0 Å². The van der Waals surface area contributed by atoms with Gasteiger partial charge < -0.3 is 5.11 Å². The number of nitrogens with zero attached hydrogens (tertiary/aromatic N) is 4. The van der Waals surface area contributed by atoms with E-state index in [0.29, 0.717) is 26.9 Å². The van der Waals surface area contributed by atoms with Crippen molar-refractivity contribution >= 4 is 29.1 Å². The van der Waals surface area contributed by atoms with Crippen LogP contribution in [0.5, 0.6) is 0 Å². The van der Waals surface area contributed by atoms with Crippen molar-refractivity contribution in [1.82, 2.24) is 19.8 Å². The van der Waals surface area contributed by atoms with E-state index >= 15 is 0 Å². The summed E-state index contributed by atoms with van der Waals surface area (Å²) < 4.78 is 1.63. The molecule has 1 unspecified atom stereocenters. The van der Waals surface area contributed by atoms with Gasteiger partial charge in [-0.1, -0.05) is 47.5 Å². The summed E-state index contributed by atoms with van der Waals surface area (Å²) in [4.78, 5) is 23.8. The van der Waals surface area contributed by atoms with Gasteiger partial charge in [0.05, 0.1) is 18.7 Å². The van der Waals surface area contributed by atoms with Crippen molar-refractivity contribution in [3.05, 3.63) is 106 Å². The van der Waals surface area contributed by atoms with Crippen molar-refractivity contribution in [3.63, 3.8) is 0 Å². The van der Waals surface area contributed by atoms with Crippen molar-refractivity contribution < 1.29 is 14.7 Å². The van der Waals surface area contributed by atoms with Crippen LogP contribution in [-0.4, -0.2) is 44.1 Å². The van der Waals surface area contributed by atoms with Crippen molar-refractivity contribution in [2.75, 3.05) is 7.11 Å². The molecule has 1 amide bonds. The molecule has 1 aliphatic rings. The molecule has 0 radical (unpaired) electrons. The van der Waals surface area contributed by atoms with Crippen LogP contribution in [-0.2, 0) is 23.3 Å². The number of aliphatic hydroxyl groups excluding tert-OH is 1. The first kappa shape index (κ1) is 23.5. The number of carbonyl (C=O) groups is 1. The van der Waals surface area contributed by atoms with Crippen LogP contribution >= 0.6 is 23.2 Å². The van der Waals surface area contributed by atoms with E-state index in [1.165, 1.54) is 12.2 Å². The fourth-order valence-corrected chi connectivity index (χ4v) is 5.05. The Morgan fingerprint density at radius 2 is 1.77 bits per heavy atom. The highest BCUT2D eigenvalue weighted by Crippen LogP contribution is 2.49. The summed E-state index contributed by atoms with van der Waals surface area (Å²) in [7, 11) is 1.43. The Labute approximate surface area is 212 Å². The molecule has 178 valence electrons. The second-order valence-corrected chi connectivity index (χ2v) is 9.20. The highest BCUT2D eigenvalue weighted by molar-refractivity contribution is 6.30. The van der Waals surface area contributed by atoms with Crippen LogP contribution in [0.2, 0.25) is 10.0 Å². The summed E-state index contributed by atoms with van der Waals surface area (Å²) in [5, 5.41) is 18.5. The first-order valence-corrected chi connectivity index (χ1v) is 11.7. The molecule has 0 fully saturated rings. The summed E-state index contributed by atoms with van der Waals surface area (Å²) >= 11 is 12.2. The molecule has 0 spiro atoms. The van der Waals surface area contributed by atoms with Crippen molar-refractivity contribution in [3.8, 4) is 11.1 Å². The lowest BCUT2D eigenvalue weighted by Gasteiger charge is -2.41. The lowest BCUT2D eigenvalue weighted by atomic mass is 9.77. The first-order chi connectivity index (χ1) is 16.9. The minimum atomic E-state index is -1.30. The quantitative estimate of drug-likeness (QED) is 0.388. The van der Waals surface area contributed by atoms with E-state index in [-0.39, 0.29) is 18.9 Å². The van der Waals surface area contributed by atoms with Gasteiger partial charge in [-0.05, 0) is 47.5 Å². The Morgan fingerprint density at radius 1 is 1.03 bits per heavy atom. The lowest BCUT2D eigenvalue weighted by Crippen LogP contribution is -2.54. The Hall–Kier alpha value is -3.23. The summed E-state index contributed by atoms with van der Waals surface area (Å²) in [6.07, 6.45) is 4.03. The van der Waals surface area contributed by atoms with Crippen LogP contribution in [0.3, 0.4) is 0 Å². The second-order valence-electron chi connectivity index (χ2n) is 8.33. The molecule has 2 aromatic heterocycles. The summed E-state index contributed by atoms with van der Waals surface area (Å²) in [5.74, 6) is -0.341. The number of fused-ring (bicyclic) bond motifs is 1. The van der Waals surface area contributed by atoms with Gasteiger partial charge in [-0.2, -0.15) is 5.10 Å². The number of carbonyl (C=O) groups excluding carboxylic acids is 1. The first-order valence-electron chi connectivity index (χ1n) is 11.0. The topological polar surface area (TPSA) is 80.5 Å². The number of halogens is 2. The van der Waals surface area contributed by atoms with Crippen molar-refractivity contribution in [2.24, 2.45) is 0 Å². The molecule has 3 heterocycles. The molecule has 2 atom stereocenters. The highest BCUT2D eigenvalue weighted by atomic mass is 35.5. The third-order valence-corrected chi connectivity index (χ3v) is 6.80. The Bertz CT molecular complexity index is 1340. The fraction of sp³-hybridized carbons (Fsp3) is 0.192. The summed E-state index contributed by atoms with van der Waals surface area (Å²) in [5.41, 5.74) is 2.10. The predicted octanol–water partition coefficient (Wildman–Crippen LogP) is 4.77. The number of hydrogen-bond acceptors (Lipinski definition) is 5. The number of aliphatic hydroxyl groups is 1. The normalized spacial score (nSPS) is 18.1. The van der Waals surface area contributed by atoms with Gasteiger partial charge in [-0.15, -0.1) is 0 Å². The maximum Gasteiger partial charge on any atom is 0.278 e. The van der Waals surface area contributed by atoms with Crippen LogP contribution in [0.25, 0.3) is 11.1 Å². The number of hydrogen-bond donors (Lipinski definition) is 1. The van der Waals surface area contributed by atoms with Gasteiger partial charge in [0.25, 0.3) is 5.91 Å². The third-order valence-electron chi connectivity index (χ3n) is 6.32. The van der Waals surface area contributed by atoms with Crippen LogP contribution in [0.4, 0.5) is 0 Å². The molecule has 1 aliphatic heterocycles. The lowest BCUT2D eigenvalue weighted by molar-refractivity contribution is -0.194. The van der Waals surface area contributed by atoms with E-state index in [0.717, 1.165) is 11.1 Å². The van der Waals surface area contributed by atoms with Gasteiger partial charge in [-0.25, -0.2) is 5.06 Å². The number of benzene rings is 2. The molecule has 9 heteroatoms. The number of aromatic nitrogens is 3. The summed E-state index contributed by atoms with van der Waals surface area (Å²) in [6, 6.07) is 18.2. The molecule has 0 saturated carbocycles. The molecule has 5 rings (SSSR count). The van der Waals surface area contributed by atoms with Crippen LogP contribution < -0.4 is 0 Å². The minimum absolute atomic E-state index is 0.127. The Kier molecular flexibility index (Phi) is 6.34. The fourth-order valence-electron chi connectivity index (χ4n) is 4.81. The van der Waals surface area contributed by atoms with Crippen LogP contribution in [0.1, 0.15) is 21.6 Å². The van der Waals surface area contributed by atoms with Gasteiger partial charge in [-0.3, -0.25) is 19.3 Å². The number of rotatable bonds is 7. The zero-order valence-electron chi connectivity index (χ0n) is 18.8. The Balaban J connectivity index is 1.75. The average Bonchev–Trinajstić information content (AvgIpc) is 3.46. The van der Waals surface area contributed by atoms with E-state index in [2.05, 4.69) is 10.1 Å². The zero-order chi connectivity index (χ0) is 24.6. The molecule has 0 aliphatic carbocycles. The SMILES string of the molecule is CON1C(=O)c2cccc(-c3ccc(Cl)cc3)c2[C@]1(Cc1ccc(Cl)cn1)C(O)Cn1cccn1. The monoisotopic (exact) mass is 508 g/mol. The smallest absolute Gasteiger partial charge is 0.278 e. The van der Waals surface area contributed by atoms with E-state index in [1.54, 1.807) is 59.7 Å². The second kappa shape index (κ2) is 9.43. The van der Waals surface area contributed by atoms with Crippen LogP contribution in [0.15, 0.2) is 79.3 Å². The minimum Gasteiger partial charge on any atom is -0.388 e. The Morgan fingerprint density at radius 3 is 2.43 bits per heavy atom. The molecule has 2 aromatic carbocycles. The number of amides is 1. The maximum atomic E-state index is 13.6. The van der Waals surface area contributed by atoms with E-state index in [4.69, 9.17) is 28.0 Å². The highest BCUT2D eigenvalue weighted by Gasteiger charge is 2.56. The largest absolute Gasteiger partial charge is 0.388 e. The molecule has 1 N–H and O–H groups in total. The molecule has 35 heavy (non-hydrogen) atoms. The third kappa shape index (κ3) is 4.10. The molecule has 0 bridgehead atoms. The van der Waals surface area contributed by atoms with Gasteiger partial charge in [0, 0.05) is 46.9 Å². The van der Waals surface area contributed by atoms with E-state index < -0.39 is 11.6 Å².